The van der Waals surface area contributed by atoms with Crippen molar-refractivity contribution >= 4 is 33.7 Å². The summed E-state index contributed by atoms with van der Waals surface area (Å²) in [5.41, 5.74) is 6.50. The lowest BCUT2D eigenvalue weighted by Crippen LogP contribution is -1.91. The Morgan fingerprint density at radius 1 is 1.09 bits per heavy atom. The van der Waals surface area contributed by atoms with Crippen LogP contribution in [0.25, 0.3) is 50.2 Å². The Labute approximate surface area is 183 Å². The van der Waals surface area contributed by atoms with E-state index in [0.717, 1.165) is 38.9 Å². The molecule has 2 N–H and O–H groups in total. The minimum Gasteiger partial charge on any atom is -0.353 e. The molecule has 7 heteroatoms. The summed E-state index contributed by atoms with van der Waals surface area (Å²) in [7, 11) is 0. The van der Waals surface area contributed by atoms with Crippen LogP contribution in [0.5, 0.6) is 0 Å². The maximum atomic E-state index is 14.4. The molecule has 0 aliphatic carbocycles. The van der Waals surface area contributed by atoms with Crippen molar-refractivity contribution in [2.24, 2.45) is 4.99 Å². The van der Waals surface area contributed by atoms with Gasteiger partial charge in [-0.1, -0.05) is 24.8 Å². The lowest BCUT2D eigenvalue weighted by molar-refractivity contribution is 0.631. The molecule has 4 heterocycles. The smallest absolute Gasteiger partial charge is 0.135 e. The molecule has 0 aliphatic heterocycles. The number of aromatic amines is 2. The highest BCUT2D eigenvalue weighted by molar-refractivity contribution is 6.10. The van der Waals surface area contributed by atoms with Gasteiger partial charge in [-0.05, 0) is 43.3 Å². The van der Waals surface area contributed by atoms with Gasteiger partial charge in [0.1, 0.15) is 17.0 Å². The van der Waals surface area contributed by atoms with Crippen LogP contribution in [0.3, 0.4) is 0 Å². The molecule has 0 atom stereocenters. The zero-order valence-electron chi connectivity index (χ0n) is 17.3. The third-order valence-electron chi connectivity index (χ3n) is 5.27. The molecule has 0 aliphatic rings. The third-order valence-corrected chi connectivity index (χ3v) is 5.27. The molecule has 1 aromatic carbocycles. The predicted octanol–water partition coefficient (Wildman–Crippen LogP) is 5.92. The number of halogens is 1. The molecular weight excluding hydrogens is 403 g/mol. The number of allylic oxidation sites excluding steroid dienone is 2. The molecule has 156 valence electrons. The van der Waals surface area contributed by atoms with E-state index >= 15 is 0 Å². The van der Waals surface area contributed by atoms with Crippen LogP contribution in [0.4, 0.5) is 4.39 Å². The minimum atomic E-state index is -0.313. The average Bonchev–Trinajstić information content (AvgIpc) is 3.43. The summed E-state index contributed by atoms with van der Waals surface area (Å²) < 4.78 is 14.4. The topological polar surface area (TPSA) is 82.6 Å². The van der Waals surface area contributed by atoms with E-state index in [1.54, 1.807) is 30.6 Å². The van der Waals surface area contributed by atoms with Gasteiger partial charge in [0.15, 0.2) is 0 Å². The van der Waals surface area contributed by atoms with Crippen molar-refractivity contribution in [2.75, 3.05) is 0 Å². The van der Waals surface area contributed by atoms with Crippen molar-refractivity contribution < 1.29 is 4.39 Å². The Balaban J connectivity index is 1.66. The summed E-state index contributed by atoms with van der Waals surface area (Å²) in [6.07, 6.45) is 6.81. The Morgan fingerprint density at radius 2 is 1.97 bits per heavy atom. The summed E-state index contributed by atoms with van der Waals surface area (Å²) in [5.74, 6) is -0.313. The van der Waals surface area contributed by atoms with Gasteiger partial charge in [-0.15, -0.1) is 0 Å². The van der Waals surface area contributed by atoms with E-state index < -0.39 is 0 Å². The first kappa shape index (κ1) is 19.6. The highest BCUT2D eigenvalue weighted by Gasteiger charge is 2.17. The molecule has 0 saturated heterocycles. The van der Waals surface area contributed by atoms with Crippen LogP contribution in [0.15, 0.2) is 78.6 Å². The van der Waals surface area contributed by atoms with Gasteiger partial charge < -0.3 is 4.98 Å². The molecule has 0 amide bonds. The number of pyridine rings is 2. The lowest BCUT2D eigenvalue weighted by atomic mass is 10.1. The fourth-order valence-corrected chi connectivity index (χ4v) is 3.72. The van der Waals surface area contributed by atoms with Crippen molar-refractivity contribution in [1.29, 1.82) is 0 Å². The highest BCUT2D eigenvalue weighted by atomic mass is 19.1. The Morgan fingerprint density at radius 3 is 2.78 bits per heavy atom. The van der Waals surface area contributed by atoms with Gasteiger partial charge in [0.25, 0.3) is 0 Å². The van der Waals surface area contributed by atoms with Gasteiger partial charge in [-0.3, -0.25) is 15.1 Å². The standard InChI is InChI=1S/C25H19FN6/c1-3-15(14-27-4-2)19-9-10-21-24(30-19)25(32-31-21)22-13-17-20(29-22)11-12-28-23(17)16-7-5-6-8-18(16)26/h3-14,29H,2H2,1H3,(H,31,32)/b15-3+,27-14?. The van der Waals surface area contributed by atoms with E-state index in [-0.39, 0.29) is 5.82 Å². The average molecular weight is 422 g/mol. The second kappa shape index (κ2) is 8.03. The second-order valence-corrected chi connectivity index (χ2v) is 7.15. The first-order valence-corrected chi connectivity index (χ1v) is 10.1. The number of aliphatic imine (C=N–C) groups is 1. The molecule has 5 rings (SSSR count). The van der Waals surface area contributed by atoms with Crippen LogP contribution in [0, 0.1) is 5.82 Å². The molecular formula is C25H19FN6. The van der Waals surface area contributed by atoms with Gasteiger partial charge in [0.2, 0.25) is 0 Å². The quantitative estimate of drug-likeness (QED) is 0.345. The summed E-state index contributed by atoms with van der Waals surface area (Å²) in [6, 6.07) is 14.3. The van der Waals surface area contributed by atoms with E-state index in [0.29, 0.717) is 17.0 Å². The van der Waals surface area contributed by atoms with Crippen LogP contribution < -0.4 is 0 Å². The number of nitrogens with one attached hydrogen (secondary N) is 2. The van der Waals surface area contributed by atoms with E-state index in [2.05, 4.69) is 31.7 Å². The summed E-state index contributed by atoms with van der Waals surface area (Å²) >= 11 is 0. The normalized spacial score (nSPS) is 12.2. The third kappa shape index (κ3) is 3.30. The number of fused-ring (bicyclic) bond motifs is 2. The molecule has 0 bridgehead atoms. The molecule has 0 spiro atoms. The SMILES string of the molecule is C=CN=C/C(=C\C)c1ccc2[nH]nc(-c3cc4c(-c5ccccc5F)nccc4[nH]3)c2n1. The van der Waals surface area contributed by atoms with E-state index in [1.807, 2.05) is 37.3 Å². The monoisotopic (exact) mass is 422 g/mol. The van der Waals surface area contributed by atoms with Gasteiger partial charge in [0, 0.05) is 40.7 Å². The van der Waals surface area contributed by atoms with Gasteiger partial charge in [0.05, 0.1) is 22.6 Å². The second-order valence-electron chi connectivity index (χ2n) is 7.15. The number of nitrogens with zero attached hydrogens (tertiary/aromatic N) is 4. The Kier molecular flexibility index (Phi) is 4.91. The zero-order chi connectivity index (χ0) is 22.1. The van der Waals surface area contributed by atoms with Crippen molar-refractivity contribution in [3.63, 3.8) is 0 Å². The maximum Gasteiger partial charge on any atom is 0.135 e. The van der Waals surface area contributed by atoms with Gasteiger partial charge in [-0.2, -0.15) is 5.10 Å². The molecule has 0 unspecified atom stereocenters. The molecule has 0 saturated carbocycles. The van der Waals surface area contributed by atoms with Crippen LogP contribution in [0.2, 0.25) is 0 Å². The molecule has 6 nitrogen and oxygen atoms in total. The minimum absolute atomic E-state index is 0.313. The van der Waals surface area contributed by atoms with Crippen LogP contribution in [-0.4, -0.2) is 31.4 Å². The first-order chi connectivity index (χ1) is 15.7. The van der Waals surface area contributed by atoms with Crippen LogP contribution in [0.1, 0.15) is 12.6 Å². The number of hydrogen-bond acceptors (Lipinski definition) is 4. The lowest BCUT2D eigenvalue weighted by Gasteiger charge is -2.03. The first-order valence-electron chi connectivity index (χ1n) is 10.1. The highest BCUT2D eigenvalue weighted by Crippen LogP contribution is 2.33. The van der Waals surface area contributed by atoms with Gasteiger partial charge >= 0.3 is 0 Å². The van der Waals surface area contributed by atoms with Crippen molar-refractivity contribution in [3.8, 4) is 22.6 Å². The maximum absolute atomic E-state index is 14.4. The van der Waals surface area contributed by atoms with Crippen molar-refractivity contribution in [1.82, 2.24) is 25.1 Å². The molecule has 0 radical (unpaired) electrons. The van der Waals surface area contributed by atoms with E-state index in [9.17, 15) is 4.39 Å². The molecule has 0 fully saturated rings. The van der Waals surface area contributed by atoms with Crippen molar-refractivity contribution in [3.05, 3.63) is 85.1 Å². The number of hydrogen-bond donors (Lipinski definition) is 2. The Hall–Kier alpha value is -4.39. The number of benzene rings is 1. The summed E-state index contributed by atoms with van der Waals surface area (Å²) in [4.78, 5) is 16.7. The van der Waals surface area contributed by atoms with E-state index in [1.165, 1.54) is 12.3 Å². The zero-order valence-corrected chi connectivity index (χ0v) is 17.3. The fraction of sp³-hybridized carbons (Fsp3) is 0.0400. The van der Waals surface area contributed by atoms with Gasteiger partial charge in [-0.25, -0.2) is 9.37 Å². The van der Waals surface area contributed by atoms with Crippen LogP contribution in [-0.2, 0) is 0 Å². The fourth-order valence-electron chi connectivity index (χ4n) is 3.72. The summed E-state index contributed by atoms with van der Waals surface area (Å²) in [5, 5.41) is 8.34. The molecule has 5 aromatic rings. The van der Waals surface area contributed by atoms with E-state index in [4.69, 9.17) is 4.98 Å². The van der Waals surface area contributed by atoms with Crippen molar-refractivity contribution in [2.45, 2.75) is 6.92 Å². The largest absolute Gasteiger partial charge is 0.353 e. The van der Waals surface area contributed by atoms with Crippen LogP contribution >= 0.6 is 0 Å². The Bertz CT molecular complexity index is 1520. The predicted molar refractivity (Wildman–Crippen MR) is 127 cm³/mol. The number of H-pyrrole nitrogens is 2. The summed E-state index contributed by atoms with van der Waals surface area (Å²) in [6.45, 7) is 5.55. The number of rotatable bonds is 5. The molecule has 32 heavy (non-hydrogen) atoms. The number of aromatic nitrogens is 5. The molecule has 4 aromatic heterocycles.